The van der Waals surface area contributed by atoms with Gasteiger partial charge < -0.3 is 4.18 Å². The van der Waals surface area contributed by atoms with Gasteiger partial charge in [-0.05, 0) is 53.8 Å². The molecular weight excluding hydrogens is 356 g/mol. The lowest BCUT2D eigenvalue weighted by atomic mass is 10.0. The molecule has 0 saturated carbocycles. The van der Waals surface area contributed by atoms with Crippen molar-refractivity contribution < 1.29 is 12.6 Å². The van der Waals surface area contributed by atoms with E-state index in [0.29, 0.717) is 5.75 Å². The molecule has 4 aromatic rings. The average Bonchev–Trinajstić information content (AvgIpc) is 2.68. The molecule has 4 rings (SSSR count). The summed E-state index contributed by atoms with van der Waals surface area (Å²) in [6.07, 6.45) is 0. The van der Waals surface area contributed by atoms with Crippen LogP contribution in [0.15, 0.2) is 95.9 Å². The van der Waals surface area contributed by atoms with Crippen molar-refractivity contribution in [2.75, 3.05) is 0 Å². The molecule has 0 radical (unpaired) electrons. The fraction of sp³-hybridized carbons (Fsp3) is 0.0435. The molecule has 134 valence electrons. The first kappa shape index (κ1) is 17.3. The molecule has 27 heavy (non-hydrogen) atoms. The van der Waals surface area contributed by atoms with Gasteiger partial charge in [0, 0.05) is 5.39 Å². The van der Waals surface area contributed by atoms with Crippen LogP contribution in [0.2, 0.25) is 0 Å². The van der Waals surface area contributed by atoms with Crippen molar-refractivity contribution in [2.24, 2.45) is 0 Å². The van der Waals surface area contributed by atoms with Gasteiger partial charge in [0.25, 0.3) is 0 Å². The lowest BCUT2D eigenvalue weighted by Crippen LogP contribution is -2.09. The molecule has 4 heteroatoms. The van der Waals surface area contributed by atoms with Gasteiger partial charge in [0.2, 0.25) is 0 Å². The Morgan fingerprint density at radius 3 is 2.19 bits per heavy atom. The van der Waals surface area contributed by atoms with E-state index in [0.717, 1.165) is 27.5 Å². The first-order chi connectivity index (χ1) is 13.0. The second-order valence-electron chi connectivity index (χ2n) is 6.41. The highest BCUT2D eigenvalue weighted by atomic mass is 32.2. The molecule has 0 N–H and O–H groups in total. The molecule has 0 fully saturated rings. The Bertz CT molecular complexity index is 1200. The third-order valence-corrected chi connectivity index (χ3v) is 5.71. The van der Waals surface area contributed by atoms with Gasteiger partial charge in [-0.1, -0.05) is 66.2 Å². The van der Waals surface area contributed by atoms with Crippen LogP contribution in [0.3, 0.4) is 0 Å². The van der Waals surface area contributed by atoms with Gasteiger partial charge in [0.05, 0.1) is 0 Å². The van der Waals surface area contributed by atoms with Gasteiger partial charge >= 0.3 is 10.1 Å². The van der Waals surface area contributed by atoms with Gasteiger partial charge in [-0.3, -0.25) is 0 Å². The minimum absolute atomic E-state index is 0.144. The smallest absolute Gasteiger partial charge is 0.339 e. The van der Waals surface area contributed by atoms with Crippen LogP contribution in [0.4, 0.5) is 0 Å². The normalized spacial score (nSPS) is 11.4. The fourth-order valence-electron chi connectivity index (χ4n) is 3.01. The standard InChI is InChI=1S/C23H18O3S/c1-17-10-13-21(14-11-17)27(24,25)26-23-9-5-8-20-16-19(12-15-22(20)23)18-6-3-2-4-7-18/h2-16H,1H3. The van der Waals surface area contributed by atoms with Crippen LogP contribution in [0.25, 0.3) is 21.9 Å². The Labute approximate surface area is 159 Å². The largest absolute Gasteiger partial charge is 0.378 e. The van der Waals surface area contributed by atoms with Gasteiger partial charge in [0.15, 0.2) is 5.75 Å². The third kappa shape index (κ3) is 3.57. The molecule has 0 aromatic heterocycles. The van der Waals surface area contributed by atoms with Crippen molar-refractivity contribution in [1.82, 2.24) is 0 Å². The summed E-state index contributed by atoms with van der Waals surface area (Å²) in [6, 6.07) is 28.0. The molecule has 0 aliphatic rings. The molecule has 0 amide bonds. The number of benzene rings is 4. The molecular formula is C23H18O3S. The van der Waals surface area contributed by atoms with Crippen LogP contribution in [-0.4, -0.2) is 8.42 Å². The second kappa shape index (κ2) is 6.89. The maximum atomic E-state index is 12.6. The number of hydrogen-bond acceptors (Lipinski definition) is 3. The van der Waals surface area contributed by atoms with Gasteiger partial charge in [0.1, 0.15) is 4.90 Å². The monoisotopic (exact) mass is 374 g/mol. The molecule has 0 heterocycles. The lowest BCUT2D eigenvalue weighted by molar-refractivity contribution is 0.488. The predicted molar refractivity (Wildman–Crippen MR) is 108 cm³/mol. The van der Waals surface area contributed by atoms with E-state index in [1.54, 1.807) is 36.4 Å². The van der Waals surface area contributed by atoms with Crippen molar-refractivity contribution in [3.63, 3.8) is 0 Å². The van der Waals surface area contributed by atoms with E-state index in [4.69, 9.17) is 4.18 Å². The molecule has 0 saturated heterocycles. The van der Waals surface area contributed by atoms with E-state index in [9.17, 15) is 8.42 Å². The molecule has 0 unspecified atom stereocenters. The molecule has 4 aromatic carbocycles. The Hall–Kier alpha value is -3.11. The molecule has 0 bridgehead atoms. The van der Waals surface area contributed by atoms with Gasteiger partial charge in [-0.25, -0.2) is 0 Å². The van der Waals surface area contributed by atoms with Crippen LogP contribution in [-0.2, 0) is 10.1 Å². The first-order valence-electron chi connectivity index (χ1n) is 8.62. The minimum atomic E-state index is -3.88. The summed E-state index contributed by atoms with van der Waals surface area (Å²) in [5.41, 5.74) is 3.17. The summed E-state index contributed by atoms with van der Waals surface area (Å²) in [4.78, 5) is 0.144. The highest BCUT2D eigenvalue weighted by Crippen LogP contribution is 2.31. The van der Waals surface area contributed by atoms with Crippen LogP contribution < -0.4 is 4.18 Å². The Morgan fingerprint density at radius 2 is 1.44 bits per heavy atom. The SMILES string of the molecule is Cc1ccc(S(=O)(=O)Oc2cccc3cc(-c4ccccc4)ccc23)cc1. The topological polar surface area (TPSA) is 43.4 Å². The van der Waals surface area contributed by atoms with Crippen LogP contribution in [0.5, 0.6) is 5.75 Å². The van der Waals surface area contributed by atoms with E-state index in [1.165, 1.54) is 0 Å². The Morgan fingerprint density at radius 1 is 0.704 bits per heavy atom. The Kier molecular flexibility index (Phi) is 4.42. The summed E-state index contributed by atoms with van der Waals surface area (Å²) in [5.74, 6) is 0.327. The van der Waals surface area contributed by atoms with E-state index in [1.807, 2.05) is 61.5 Å². The highest BCUT2D eigenvalue weighted by molar-refractivity contribution is 7.87. The maximum absolute atomic E-state index is 12.6. The summed E-state index contributed by atoms with van der Waals surface area (Å²) in [6.45, 7) is 1.91. The Balaban J connectivity index is 1.73. The minimum Gasteiger partial charge on any atom is -0.378 e. The van der Waals surface area contributed by atoms with E-state index < -0.39 is 10.1 Å². The number of rotatable bonds is 4. The van der Waals surface area contributed by atoms with Crippen molar-refractivity contribution in [2.45, 2.75) is 11.8 Å². The number of aryl methyl sites for hydroxylation is 1. The summed E-state index contributed by atoms with van der Waals surface area (Å²) in [7, 11) is -3.88. The quantitative estimate of drug-likeness (QED) is 0.438. The number of fused-ring (bicyclic) bond motifs is 1. The zero-order valence-corrected chi connectivity index (χ0v) is 15.6. The summed E-state index contributed by atoms with van der Waals surface area (Å²) >= 11 is 0. The summed E-state index contributed by atoms with van der Waals surface area (Å²) in [5, 5.41) is 1.68. The molecule has 0 spiro atoms. The zero-order chi connectivity index (χ0) is 18.9. The lowest BCUT2D eigenvalue weighted by Gasteiger charge is -2.11. The second-order valence-corrected chi connectivity index (χ2v) is 7.95. The predicted octanol–water partition coefficient (Wildman–Crippen LogP) is 5.58. The molecule has 0 aliphatic heterocycles. The molecule has 0 aliphatic carbocycles. The third-order valence-electron chi connectivity index (χ3n) is 4.46. The molecule has 3 nitrogen and oxygen atoms in total. The average molecular weight is 374 g/mol. The van der Waals surface area contributed by atoms with Crippen LogP contribution in [0, 0.1) is 6.92 Å². The maximum Gasteiger partial charge on any atom is 0.339 e. The van der Waals surface area contributed by atoms with Crippen LogP contribution in [0.1, 0.15) is 5.56 Å². The molecule has 0 atom stereocenters. The van der Waals surface area contributed by atoms with Crippen LogP contribution >= 0.6 is 0 Å². The van der Waals surface area contributed by atoms with Crippen molar-refractivity contribution in [3.05, 3.63) is 96.6 Å². The summed E-state index contributed by atoms with van der Waals surface area (Å²) < 4.78 is 30.7. The van der Waals surface area contributed by atoms with E-state index >= 15 is 0 Å². The van der Waals surface area contributed by atoms with Crippen molar-refractivity contribution in [1.29, 1.82) is 0 Å². The van der Waals surface area contributed by atoms with E-state index in [-0.39, 0.29) is 4.90 Å². The number of hydrogen-bond donors (Lipinski definition) is 0. The van der Waals surface area contributed by atoms with Gasteiger partial charge in [-0.15, -0.1) is 0 Å². The van der Waals surface area contributed by atoms with Crippen molar-refractivity contribution >= 4 is 20.9 Å². The first-order valence-corrected chi connectivity index (χ1v) is 10.0. The fourth-order valence-corrected chi connectivity index (χ4v) is 3.96. The zero-order valence-electron chi connectivity index (χ0n) is 14.8. The van der Waals surface area contributed by atoms with Crippen molar-refractivity contribution in [3.8, 4) is 16.9 Å². The highest BCUT2D eigenvalue weighted by Gasteiger charge is 2.18. The van der Waals surface area contributed by atoms with Gasteiger partial charge in [-0.2, -0.15) is 8.42 Å². The van der Waals surface area contributed by atoms with E-state index in [2.05, 4.69) is 0 Å².